The van der Waals surface area contributed by atoms with Gasteiger partial charge in [-0.25, -0.2) is 18.6 Å². The first-order valence-electron chi connectivity index (χ1n) is 18.7. The number of amides is 3. The van der Waals surface area contributed by atoms with E-state index in [1.807, 2.05) is 0 Å². The third kappa shape index (κ3) is 8.77. The van der Waals surface area contributed by atoms with Crippen LogP contribution in [-0.2, 0) is 43.3 Å². The largest absolute Gasteiger partial charge is 0.435 e. The zero-order valence-electron chi connectivity index (χ0n) is 32.3. The Morgan fingerprint density at radius 3 is 2.43 bits per heavy atom. The summed E-state index contributed by atoms with van der Waals surface area (Å²) in [6.45, 7) is 5.03. The first-order chi connectivity index (χ1) is 28.2. The van der Waals surface area contributed by atoms with Gasteiger partial charge in [0, 0.05) is 41.2 Å². The fraction of sp³-hybridized carbons (Fsp3) is 0.333. The van der Waals surface area contributed by atoms with E-state index in [2.05, 4.69) is 50.3 Å². The van der Waals surface area contributed by atoms with Crippen LogP contribution in [0.15, 0.2) is 66.9 Å². The second-order valence-corrected chi connectivity index (χ2v) is 15.2. The molecule has 7 rings (SSSR count). The lowest BCUT2D eigenvalue weighted by atomic mass is 9.93. The zero-order chi connectivity index (χ0) is 43.3. The molecule has 5 aromatic rings. The van der Waals surface area contributed by atoms with E-state index in [0.29, 0.717) is 32.8 Å². The van der Waals surface area contributed by atoms with Gasteiger partial charge in [-0.15, -0.1) is 5.73 Å². The number of pyridine rings is 1. The molecule has 3 aromatic heterocycles. The highest BCUT2D eigenvalue weighted by atomic mass is 19.4. The molecule has 0 bridgehead atoms. The number of allylic oxidation sites excluding steroid dienone is 1. The van der Waals surface area contributed by atoms with Crippen molar-refractivity contribution in [3.05, 3.63) is 112 Å². The van der Waals surface area contributed by atoms with E-state index in [1.165, 1.54) is 24.6 Å². The van der Waals surface area contributed by atoms with Crippen LogP contribution in [0.4, 0.5) is 41.3 Å². The van der Waals surface area contributed by atoms with Crippen molar-refractivity contribution in [2.24, 2.45) is 13.0 Å². The van der Waals surface area contributed by atoms with Crippen LogP contribution in [0.5, 0.6) is 0 Å². The predicted octanol–water partition coefficient (Wildman–Crippen LogP) is 7.24. The highest BCUT2D eigenvalue weighted by Crippen LogP contribution is 2.50. The summed E-state index contributed by atoms with van der Waals surface area (Å²) in [5.41, 5.74) is -1.30. The molecule has 0 aliphatic heterocycles. The molecule has 3 amide bonds. The van der Waals surface area contributed by atoms with E-state index >= 15 is 8.78 Å². The van der Waals surface area contributed by atoms with Crippen LogP contribution in [0.2, 0.25) is 0 Å². The summed E-state index contributed by atoms with van der Waals surface area (Å²) in [6.07, 6.45) is -3.67. The average molecular weight is 835 g/mol. The Hall–Kier alpha value is -6.44. The van der Waals surface area contributed by atoms with Gasteiger partial charge < -0.3 is 15.7 Å². The number of para-hydroxylation sites is 1. The summed E-state index contributed by atoms with van der Waals surface area (Å²) >= 11 is 0. The minimum atomic E-state index is -5.13. The van der Waals surface area contributed by atoms with Gasteiger partial charge in [-0.05, 0) is 87.4 Å². The highest BCUT2D eigenvalue weighted by molar-refractivity contribution is 6.04. The summed E-state index contributed by atoms with van der Waals surface area (Å²) in [6, 6.07) is 9.12. The van der Waals surface area contributed by atoms with E-state index in [-0.39, 0.29) is 35.2 Å². The Balaban J connectivity index is 1.35. The van der Waals surface area contributed by atoms with Gasteiger partial charge in [0.1, 0.15) is 35.2 Å². The van der Waals surface area contributed by atoms with Crippen molar-refractivity contribution in [2.75, 3.05) is 5.32 Å². The van der Waals surface area contributed by atoms with Crippen LogP contribution in [0.25, 0.3) is 22.0 Å². The number of urea groups is 1. The number of hydrogen-bond acceptors (Lipinski definition) is 6. The van der Waals surface area contributed by atoms with Gasteiger partial charge in [0.15, 0.2) is 11.5 Å². The van der Waals surface area contributed by atoms with Crippen LogP contribution >= 0.6 is 0 Å². The molecule has 1 saturated carbocycles. The van der Waals surface area contributed by atoms with Crippen molar-refractivity contribution in [3.8, 4) is 23.0 Å². The lowest BCUT2D eigenvalue weighted by molar-refractivity contribution is -0.142. The smallest absolute Gasteiger partial charge is 0.378 e. The van der Waals surface area contributed by atoms with Gasteiger partial charge in [0.05, 0.1) is 23.2 Å². The van der Waals surface area contributed by atoms with Gasteiger partial charge in [-0.1, -0.05) is 24.6 Å². The number of alkyl halides is 5. The number of carbonyl (C=O) groups excluding carboxylic acids is 2. The number of aryl methyl sites for hydroxylation is 1. The fourth-order valence-electron chi connectivity index (χ4n) is 7.25. The summed E-state index contributed by atoms with van der Waals surface area (Å²) in [5.74, 6) is -2.97. The molecule has 0 spiro atoms. The lowest BCUT2D eigenvalue weighted by Gasteiger charge is -2.23. The molecule has 0 saturated heterocycles. The normalized spacial score (nSPS) is 16.4. The summed E-state index contributed by atoms with van der Waals surface area (Å²) in [7, 11) is 1.63. The molecule has 2 aliphatic carbocycles. The number of nitrogens with zero attached hydrogens (tertiary/aromatic N) is 5. The number of hydrogen-bond donors (Lipinski definition) is 4. The van der Waals surface area contributed by atoms with Gasteiger partial charge in [-0.2, -0.15) is 32.1 Å². The standard InChI is InChI=1S/C42H37F7N8O3/c1-5-7-23-19-31-36(42(47,48)49)54-57(37(31)41(23,45)46)21-33(58)52-32(18-22-16-24(43)20-25(44)17-22)34-28(13-12-27(50-34)14-15-40(2,3)60)29-8-6-9-30-35(29)56(4)55-38(30)53-39(59)51-26-10-11-26/h6-9,12-13,16-17,20,23,26,32,60H,1,10-11,18-19,21H2,2-4H3,(H,52,58)(H2,51,53,55,59). The fourth-order valence-corrected chi connectivity index (χ4v) is 7.25. The summed E-state index contributed by atoms with van der Waals surface area (Å²) < 4.78 is 105. The van der Waals surface area contributed by atoms with E-state index in [4.69, 9.17) is 4.98 Å². The molecule has 11 nitrogen and oxygen atoms in total. The molecule has 312 valence electrons. The third-order valence-corrected chi connectivity index (χ3v) is 9.88. The Morgan fingerprint density at radius 1 is 1.07 bits per heavy atom. The Morgan fingerprint density at radius 2 is 1.78 bits per heavy atom. The number of carbonyl (C=O) groups is 2. The monoisotopic (exact) mass is 834 g/mol. The minimum absolute atomic E-state index is 0.0235. The molecular weight excluding hydrogens is 798 g/mol. The van der Waals surface area contributed by atoms with Crippen molar-refractivity contribution >= 4 is 28.7 Å². The number of halogens is 7. The van der Waals surface area contributed by atoms with Crippen LogP contribution in [0.3, 0.4) is 0 Å². The van der Waals surface area contributed by atoms with Crippen LogP contribution < -0.4 is 16.0 Å². The molecule has 2 aliphatic rings. The van der Waals surface area contributed by atoms with Gasteiger partial charge in [0.2, 0.25) is 5.91 Å². The topological polar surface area (TPSA) is 139 Å². The predicted molar refractivity (Wildman–Crippen MR) is 205 cm³/mol. The number of nitrogens with one attached hydrogen (secondary N) is 3. The number of benzene rings is 2. The number of aliphatic hydroxyl groups is 1. The molecule has 0 radical (unpaired) electrons. The molecule has 18 heteroatoms. The molecule has 60 heavy (non-hydrogen) atoms. The number of aromatic nitrogens is 5. The van der Waals surface area contributed by atoms with Crippen molar-refractivity contribution in [1.82, 2.24) is 35.2 Å². The first kappa shape index (κ1) is 41.7. The minimum Gasteiger partial charge on any atom is -0.378 e. The SMILES string of the molecule is C=C=CC1Cc2c(C(F)(F)F)nn(CC(=O)NC(Cc3cc(F)cc(F)c3)c3nc(C#CC(C)(C)O)ccc3-c3cccc4c(NC(=O)NC5CC5)nn(C)c34)c2C1(F)F. The summed E-state index contributed by atoms with van der Waals surface area (Å²) in [5, 5.41) is 27.0. The second-order valence-electron chi connectivity index (χ2n) is 15.2. The van der Waals surface area contributed by atoms with Crippen molar-refractivity contribution in [2.45, 2.75) is 75.9 Å². The Labute approximate surface area is 338 Å². The molecule has 1 fully saturated rings. The molecule has 2 unspecified atom stereocenters. The second kappa shape index (κ2) is 15.6. The molecular formula is C42H37F7N8O3. The maximum Gasteiger partial charge on any atom is 0.435 e. The van der Waals surface area contributed by atoms with Crippen molar-refractivity contribution < 1.29 is 45.4 Å². The molecule has 3 heterocycles. The van der Waals surface area contributed by atoms with Crippen molar-refractivity contribution in [3.63, 3.8) is 0 Å². The highest BCUT2D eigenvalue weighted by Gasteiger charge is 2.55. The van der Waals surface area contributed by atoms with E-state index in [1.54, 1.807) is 31.3 Å². The van der Waals surface area contributed by atoms with Crippen molar-refractivity contribution in [1.29, 1.82) is 0 Å². The molecule has 2 aromatic carbocycles. The number of fused-ring (bicyclic) bond motifs is 2. The molecule has 2 atom stereocenters. The van der Waals surface area contributed by atoms with Crippen LogP contribution in [0.1, 0.15) is 66.6 Å². The van der Waals surface area contributed by atoms with Gasteiger partial charge >= 0.3 is 12.2 Å². The first-order valence-corrected chi connectivity index (χ1v) is 18.7. The van der Waals surface area contributed by atoms with E-state index in [0.717, 1.165) is 31.1 Å². The molecule has 4 N–H and O–H groups in total. The van der Waals surface area contributed by atoms with Crippen LogP contribution in [-0.4, -0.2) is 53.2 Å². The van der Waals surface area contributed by atoms with Gasteiger partial charge in [-0.3, -0.25) is 19.5 Å². The number of rotatable bonds is 10. The summed E-state index contributed by atoms with van der Waals surface area (Å²) in [4.78, 5) is 31.5. The lowest BCUT2D eigenvalue weighted by Crippen LogP contribution is -2.35. The van der Waals surface area contributed by atoms with E-state index < -0.39 is 83.1 Å². The average Bonchev–Trinajstić information content (AvgIpc) is 3.71. The van der Waals surface area contributed by atoms with Gasteiger partial charge in [0.25, 0.3) is 5.92 Å². The maximum atomic E-state index is 15.7. The van der Waals surface area contributed by atoms with E-state index in [9.17, 15) is 36.6 Å². The Bertz CT molecular complexity index is 2620. The third-order valence-electron chi connectivity index (χ3n) is 9.88. The van der Waals surface area contributed by atoms with Crippen LogP contribution in [0, 0.1) is 29.4 Å². The zero-order valence-corrected chi connectivity index (χ0v) is 32.3. The Kier molecular flexibility index (Phi) is 10.9. The maximum absolute atomic E-state index is 15.7. The number of anilines is 1. The quantitative estimate of drug-likeness (QED) is 0.0665.